The summed E-state index contributed by atoms with van der Waals surface area (Å²) in [7, 11) is -1.72. The number of hydrogen-bond donors (Lipinski definition) is 1. The van der Waals surface area contributed by atoms with Crippen LogP contribution in [0.3, 0.4) is 0 Å². The number of ether oxygens (including phenoxy) is 1. The number of hydrogen-bond acceptors (Lipinski definition) is 7. The van der Waals surface area contributed by atoms with Gasteiger partial charge < -0.3 is 10.1 Å². The Morgan fingerprint density at radius 2 is 2.21 bits per heavy atom. The van der Waals surface area contributed by atoms with Crippen molar-refractivity contribution in [3.05, 3.63) is 46.2 Å². The van der Waals surface area contributed by atoms with Gasteiger partial charge in [0.25, 0.3) is 5.91 Å². The Morgan fingerprint density at radius 1 is 1.46 bits per heavy atom. The molecule has 1 fully saturated rings. The van der Waals surface area contributed by atoms with Gasteiger partial charge in [0.2, 0.25) is 5.91 Å². The minimum absolute atomic E-state index is 0.181. The highest BCUT2D eigenvalue weighted by atomic mass is 32.2. The number of carbonyl (C=O) groups excluding carboxylic acids is 2. The Balaban J connectivity index is 1.73. The highest BCUT2D eigenvalue weighted by Crippen LogP contribution is 2.34. The second kappa shape index (κ2) is 8.06. The zero-order valence-electron chi connectivity index (χ0n) is 15.1. The molecule has 1 aromatic carbocycles. The van der Waals surface area contributed by atoms with Gasteiger partial charge in [-0.1, -0.05) is 36.1 Å². The monoisotopic (exact) mass is 438 g/mol. The van der Waals surface area contributed by atoms with Crippen LogP contribution in [0.1, 0.15) is 12.5 Å². The van der Waals surface area contributed by atoms with Crippen LogP contribution in [-0.2, 0) is 19.4 Å². The maximum atomic E-state index is 12.8. The predicted octanol–water partition coefficient (Wildman–Crippen LogP) is 1.71. The first-order valence-electron chi connectivity index (χ1n) is 8.32. The summed E-state index contributed by atoms with van der Waals surface area (Å²) < 4.78 is 28.4. The molecule has 2 aliphatic heterocycles. The van der Waals surface area contributed by atoms with Gasteiger partial charge in [0, 0.05) is 5.41 Å². The quantitative estimate of drug-likeness (QED) is 0.553. The molecule has 7 nitrogen and oxygen atoms in total. The molecule has 28 heavy (non-hydrogen) atoms. The summed E-state index contributed by atoms with van der Waals surface area (Å²) in [5.41, 5.74) is 0.776. The maximum Gasteiger partial charge on any atom is 0.266 e. The summed E-state index contributed by atoms with van der Waals surface area (Å²) in [5, 5.41) is 3.71. The van der Waals surface area contributed by atoms with E-state index in [1.165, 1.54) is 11.0 Å². The van der Waals surface area contributed by atoms with Crippen molar-refractivity contribution in [1.29, 1.82) is 0 Å². The number of rotatable bonds is 5. The molecule has 0 aliphatic carbocycles. The number of thiocarbonyl (C=S) groups is 1. The van der Waals surface area contributed by atoms with Crippen molar-refractivity contribution >= 4 is 56.0 Å². The Hall–Kier alpha value is -2.17. The van der Waals surface area contributed by atoms with Crippen molar-refractivity contribution < 1.29 is 22.7 Å². The number of benzene rings is 1. The standard InChI is InChI=1S/C18H18N2O5S3/c1-11(16(21)19-13-6-7-28(23,24)10-13)20-17(22)15(27-18(20)26)9-12-4-3-5-14(8-12)25-2/h3-9,11,13H,10H2,1-2H3,(H,19,21)/b15-9+/t11-,13-/m1/s1. The fourth-order valence-electron chi connectivity index (χ4n) is 2.78. The molecule has 3 rings (SSSR count). The summed E-state index contributed by atoms with van der Waals surface area (Å²) in [6.07, 6.45) is 3.12. The minimum atomic E-state index is -3.28. The molecule has 2 aliphatic rings. The molecule has 0 unspecified atom stereocenters. The highest BCUT2D eigenvalue weighted by molar-refractivity contribution is 8.26. The molecule has 2 amide bonds. The lowest BCUT2D eigenvalue weighted by molar-refractivity contribution is -0.132. The van der Waals surface area contributed by atoms with Gasteiger partial charge in [0.1, 0.15) is 16.1 Å². The van der Waals surface area contributed by atoms with Crippen LogP contribution in [-0.4, -0.2) is 54.4 Å². The number of amides is 2. The van der Waals surface area contributed by atoms with Crippen LogP contribution in [0.4, 0.5) is 0 Å². The van der Waals surface area contributed by atoms with Crippen LogP contribution in [0.5, 0.6) is 5.75 Å². The second-order valence-corrected chi connectivity index (χ2v) is 9.88. The molecule has 1 aromatic rings. The van der Waals surface area contributed by atoms with Gasteiger partial charge in [0.15, 0.2) is 9.84 Å². The van der Waals surface area contributed by atoms with Crippen molar-refractivity contribution in [2.24, 2.45) is 0 Å². The smallest absolute Gasteiger partial charge is 0.266 e. The van der Waals surface area contributed by atoms with Gasteiger partial charge in [-0.2, -0.15) is 0 Å². The van der Waals surface area contributed by atoms with Crippen molar-refractivity contribution in [2.75, 3.05) is 12.9 Å². The number of sulfone groups is 1. The Labute approximate surface area is 172 Å². The van der Waals surface area contributed by atoms with E-state index in [0.717, 1.165) is 22.7 Å². The van der Waals surface area contributed by atoms with Crippen molar-refractivity contribution in [3.63, 3.8) is 0 Å². The number of nitrogens with zero attached hydrogens (tertiary/aromatic N) is 1. The van der Waals surface area contributed by atoms with E-state index >= 15 is 0 Å². The van der Waals surface area contributed by atoms with Crippen LogP contribution >= 0.6 is 24.0 Å². The van der Waals surface area contributed by atoms with E-state index in [-0.39, 0.29) is 16.0 Å². The first-order valence-corrected chi connectivity index (χ1v) is 11.3. The SMILES string of the molecule is COc1cccc(/C=C2/SC(=S)N([C@H](C)C(=O)N[C@@H]3C=CS(=O)(=O)C3)C2=O)c1. The average Bonchev–Trinajstić information content (AvgIpc) is 3.12. The Bertz CT molecular complexity index is 1000. The van der Waals surface area contributed by atoms with Crippen LogP contribution in [0.25, 0.3) is 6.08 Å². The number of carbonyl (C=O) groups is 2. The molecular formula is C18H18N2O5S3. The van der Waals surface area contributed by atoms with Crippen LogP contribution in [0.2, 0.25) is 0 Å². The van der Waals surface area contributed by atoms with E-state index in [1.54, 1.807) is 32.2 Å². The van der Waals surface area contributed by atoms with Crippen molar-refractivity contribution in [3.8, 4) is 5.75 Å². The lowest BCUT2D eigenvalue weighted by Crippen LogP contribution is -2.49. The summed E-state index contributed by atoms with van der Waals surface area (Å²) in [6, 6.07) is 5.76. The lowest BCUT2D eigenvalue weighted by atomic mass is 10.2. The molecular weight excluding hydrogens is 420 g/mol. The molecule has 148 valence electrons. The molecule has 2 atom stereocenters. The fourth-order valence-corrected chi connectivity index (χ4v) is 5.44. The summed E-state index contributed by atoms with van der Waals surface area (Å²) in [4.78, 5) is 26.9. The van der Waals surface area contributed by atoms with E-state index in [9.17, 15) is 18.0 Å². The normalized spacial score (nSPS) is 23.3. The van der Waals surface area contributed by atoms with E-state index < -0.39 is 27.8 Å². The third kappa shape index (κ3) is 4.45. The molecule has 1 N–H and O–H groups in total. The molecule has 2 heterocycles. The predicted molar refractivity (Wildman–Crippen MR) is 112 cm³/mol. The van der Waals surface area contributed by atoms with Crippen LogP contribution < -0.4 is 10.1 Å². The van der Waals surface area contributed by atoms with Gasteiger partial charge in [-0.15, -0.1) is 0 Å². The lowest BCUT2D eigenvalue weighted by Gasteiger charge is -2.23. The van der Waals surface area contributed by atoms with Gasteiger partial charge >= 0.3 is 0 Å². The van der Waals surface area contributed by atoms with E-state index in [2.05, 4.69) is 5.32 Å². The fraction of sp³-hybridized carbons (Fsp3) is 0.278. The summed E-state index contributed by atoms with van der Waals surface area (Å²) in [5.74, 6) is -0.350. The minimum Gasteiger partial charge on any atom is -0.497 e. The first kappa shape index (κ1) is 20.6. The first-order chi connectivity index (χ1) is 13.2. The molecule has 0 saturated carbocycles. The third-order valence-corrected chi connectivity index (χ3v) is 6.97. The number of nitrogens with one attached hydrogen (secondary N) is 1. The average molecular weight is 439 g/mol. The number of thioether (sulfide) groups is 1. The van der Waals surface area contributed by atoms with Gasteiger partial charge in [-0.25, -0.2) is 8.42 Å². The van der Waals surface area contributed by atoms with Crippen molar-refractivity contribution in [2.45, 2.75) is 19.0 Å². The molecule has 1 saturated heterocycles. The summed E-state index contributed by atoms with van der Waals surface area (Å²) >= 11 is 6.40. The zero-order chi connectivity index (χ0) is 20.5. The van der Waals surface area contributed by atoms with E-state index in [0.29, 0.717) is 10.7 Å². The second-order valence-electron chi connectivity index (χ2n) is 6.28. The maximum absolute atomic E-state index is 12.8. The van der Waals surface area contributed by atoms with Crippen LogP contribution in [0, 0.1) is 0 Å². The summed E-state index contributed by atoms with van der Waals surface area (Å²) in [6.45, 7) is 1.56. The molecule has 0 radical (unpaired) electrons. The van der Waals surface area contributed by atoms with Crippen molar-refractivity contribution in [1.82, 2.24) is 10.2 Å². The number of methoxy groups -OCH3 is 1. The Morgan fingerprint density at radius 3 is 2.86 bits per heavy atom. The topological polar surface area (TPSA) is 92.8 Å². The molecule has 0 bridgehead atoms. The zero-order valence-corrected chi connectivity index (χ0v) is 17.6. The molecule has 10 heteroatoms. The van der Waals surface area contributed by atoms with Gasteiger partial charge in [-0.05, 0) is 36.8 Å². The molecule has 0 spiro atoms. The highest BCUT2D eigenvalue weighted by Gasteiger charge is 2.39. The van der Waals surface area contributed by atoms with Gasteiger partial charge in [-0.3, -0.25) is 14.5 Å². The van der Waals surface area contributed by atoms with E-state index in [4.69, 9.17) is 17.0 Å². The third-order valence-electron chi connectivity index (χ3n) is 4.24. The van der Waals surface area contributed by atoms with E-state index in [1.807, 2.05) is 12.1 Å². The molecule has 0 aromatic heterocycles. The Kier molecular flexibility index (Phi) is 5.92. The largest absolute Gasteiger partial charge is 0.497 e. The van der Waals surface area contributed by atoms with Gasteiger partial charge in [0.05, 0.1) is 23.8 Å². The van der Waals surface area contributed by atoms with Crippen LogP contribution in [0.15, 0.2) is 40.7 Å².